The van der Waals surface area contributed by atoms with Crippen LogP contribution in [0.25, 0.3) is 0 Å². The van der Waals surface area contributed by atoms with E-state index in [1.54, 1.807) is 24.3 Å². The lowest BCUT2D eigenvalue weighted by atomic mass is 10.2. The molecule has 0 atom stereocenters. The molecule has 136 valence electrons. The van der Waals surface area contributed by atoms with E-state index in [-0.39, 0.29) is 17.3 Å². The molecule has 2 aromatic carbocycles. The maximum absolute atomic E-state index is 13.6. The summed E-state index contributed by atoms with van der Waals surface area (Å²) in [6.07, 6.45) is 0. The summed E-state index contributed by atoms with van der Waals surface area (Å²) in [5, 5.41) is 0.376. The van der Waals surface area contributed by atoms with Crippen LogP contribution in [-0.4, -0.2) is 27.8 Å². The van der Waals surface area contributed by atoms with Crippen molar-refractivity contribution >= 4 is 56.0 Å². The molecule has 0 bridgehead atoms. The van der Waals surface area contributed by atoms with Crippen molar-refractivity contribution in [3.63, 3.8) is 0 Å². The van der Waals surface area contributed by atoms with Crippen molar-refractivity contribution in [1.29, 1.82) is 0 Å². The molecule has 1 N–H and O–H groups in total. The van der Waals surface area contributed by atoms with E-state index >= 15 is 0 Å². The largest absolute Gasteiger partial charge is 0.496 e. The first-order valence-corrected chi connectivity index (χ1v) is 11.3. The number of methoxy groups -OCH3 is 1. The monoisotopic (exact) mass is 515 g/mol. The molecule has 0 unspecified atom stereocenters. The van der Waals surface area contributed by atoms with E-state index in [9.17, 15) is 12.8 Å². The van der Waals surface area contributed by atoms with Crippen molar-refractivity contribution < 1.29 is 17.5 Å². The minimum atomic E-state index is -3.59. The Morgan fingerprint density at radius 1 is 1.32 bits per heavy atom. The van der Waals surface area contributed by atoms with Gasteiger partial charge in [-0.3, -0.25) is 0 Å². The molecule has 2 rings (SSSR count). The van der Waals surface area contributed by atoms with Crippen molar-refractivity contribution in [2.75, 3.05) is 19.4 Å². The van der Waals surface area contributed by atoms with Gasteiger partial charge in [0.15, 0.2) is 0 Å². The van der Waals surface area contributed by atoms with Crippen molar-refractivity contribution in [3.8, 4) is 5.75 Å². The van der Waals surface area contributed by atoms with Crippen molar-refractivity contribution in [2.24, 2.45) is 0 Å². The van der Waals surface area contributed by atoms with Gasteiger partial charge in [0.1, 0.15) is 11.6 Å². The van der Waals surface area contributed by atoms with E-state index in [0.29, 0.717) is 31.4 Å². The number of ether oxygens (including phenoxy) is 1. The number of hydrogen-bond acceptors (Lipinski definition) is 4. The molecule has 0 saturated heterocycles. The third-order valence-corrected chi connectivity index (χ3v) is 6.92. The second kappa shape index (κ2) is 9.40. The minimum absolute atomic E-state index is 0.180. The average molecular weight is 516 g/mol. The molecule has 0 aliphatic heterocycles. The van der Waals surface area contributed by atoms with Crippen LogP contribution in [0.2, 0.25) is 5.02 Å². The lowest BCUT2D eigenvalue weighted by molar-refractivity contribution is 0.411. The predicted octanol–water partition coefficient (Wildman–Crippen LogP) is 4.30. The molecule has 0 amide bonds. The topological polar surface area (TPSA) is 55.4 Å². The number of nitrogens with one attached hydrogen (secondary N) is 1. The number of benzene rings is 2. The highest BCUT2D eigenvalue weighted by molar-refractivity contribution is 14.1. The van der Waals surface area contributed by atoms with Crippen molar-refractivity contribution in [3.05, 3.63) is 56.4 Å². The van der Waals surface area contributed by atoms with Crippen molar-refractivity contribution in [1.82, 2.24) is 4.72 Å². The fourth-order valence-corrected chi connectivity index (χ4v) is 5.32. The summed E-state index contributed by atoms with van der Waals surface area (Å²) in [5.74, 6) is 1.15. The third-order valence-electron chi connectivity index (χ3n) is 3.28. The average Bonchev–Trinajstić information content (AvgIpc) is 2.56. The van der Waals surface area contributed by atoms with Gasteiger partial charge in [0.25, 0.3) is 0 Å². The van der Waals surface area contributed by atoms with Gasteiger partial charge >= 0.3 is 0 Å². The van der Waals surface area contributed by atoms with Crippen LogP contribution in [0, 0.1) is 9.39 Å². The highest BCUT2D eigenvalue weighted by Gasteiger charge is 2.15. The Balaban J connectivity index is 1.87. The van der Waals surface area contributed by atoms with Gasteiger partial charge in [-0.2, -0.15) is 11.8 Å². The molecule has 9 heteroatoms. The molecule has 0 radical (unpaired) electrons. The quantitative estimate of drug-likeness (QED) is 0.421. The molecule has 0 aromatic heterocycles. The smallest absolute Gasteiger partial charge is 0.240 e. The van der Waals surface area contributed by atoms with Crippen LogP contribution >= 0.6 is 46.0 Å². The van der Waals surface area contributed by atoms with E-state index in [4.69, 9.17) is 16.3 Å². The summed E-state index contributed by atoms with van der Waals surface area (Å²) in [6.45, 7) is 0.238. The fourth-order valence-electron chi connectivity index (χ4n) is 1.99. The third kappa shape index (κ3) is 5.72. The minimum Gasteiger partial charge on any atom is -0.496 e. The molecule has 0 spiro atoms. The number of hydrogen-bond donors (Lipinski definition) is 1. The van der Waals surface area contributed by atoms with E-state index in [0.717, 1.165) is 0 Å². The molecule has 4 nitrogen and oxygen atoms in total. The predicted molar refractivity (Wildman–Crippen MR) is 108 cm³/mol. The Labute approximate surface area is 169 Å². The zero-order valence-electron chi connectivity index (χ0n) is 13.3. The van der Waals surface area contributed by atoms with Crippen LogP contribution in [0.5, 0.6) is 5.75 Å². The van der Waals surface area contributed by atoms with Gasteiger partial charge in [-0.25, -0.2) is 17.5 Å². The summed E-state index contributed by atoms with van der Waals surface area (Å²) >= 11 is 9.39. The maximum Gasteiger partial charge on any atom is 0.240 e. The molecule has 0 fully saturated rings. The van der Waals surface area contributed by atoms with Gasteiger partial charge in [-0.1, -0.05) is 17.7 Å². The standard InChI is InChI=1S/C16H16ClFINO3S2/c1-23-16-6-5-11(9-15(16)19)25(21,22)20-7-8-24-10-12-13(17)3-2-4-14(12)18/h2-6,9,20H,7-8,10H2,1H3. The SMILES string of the molecule is COc1ccc(S(=O)(=O)NCCSCc2c(F)cccc2Cl)cc1I. The summed E-state index contributed by atoms with van der Waals surface area (Å²) < 4.78 is 46.6. The summed E-state index contributed by atoms with van der Waals surface area (Å²) in [4.78, 5) is 0.180. The highest BCUT2D eigenvalue weighted by Crippen LogP contribution is 2.25. The Kier molecular flexibility index (Phi) is 7.81. The zero-order chi connectivity index (χ0) is 18.4. The van der Waals surface area contributed by atoms with Gasteiger partial charge < -0.3 is 4.74 Å². The fraction of sp³-hybridized carbons (Fsp3) is 0.250. The lowest BCUT2D eigenvalue weighted by Crippen LogP contribution is -2.26. The van der Waals surface area contributed by atoms with Gasteiger partial charge in [0.05, 0.1) is 15.6 Å². The first-order valence-electron chi connectivity index (χ1n) is 7.19. The second-order valence-electron chi connectivity index (χ2n) is 4.95. The summed E-state index contributed by atoms with van der Waals surface area (Å²) in [7, 11) is -2.06. The summed E-state index contributed by atoms with van der Waals surface area (Å²) in [6, 6.07) is 9.20. The van der Waals surface area contributed by atoms with Gasteiger partial charge in [-0.05, 0) is 52.9 Å². The van der Waals surface area contributed by atoms with Crippen molar-refractivity contribution in [2.45, 2.75) is 10.6 Å². The Bertz CT molecular complexity index is 829. The molecular formula is C16H16ClFINO3S2. The first kappa shape index (κ1) is 20.8. The van der Waals surface area contributed by atoms with Crippen LogP contribution in [0.3, 0.4) is 0 Å². The Morgan fingerprint density at radius 2 is 2.08 bits per heavy atom. The van der Waals surface area contributed by atoms with E-state index in [1.807, 2.05) is 22.6 Å². The van der Waals surface area contributed by atoms with Gasteiger partial charge in [0, 0.05) is 28.6 Å². The number of sulfonamides is 1. The number of thioether (sulfide) groups is 1. The molecule has 2 aromatic rings. The van der Waals surface area contributed by atoms with Crippen LogP contribution in [0.1, 0.15) is 5.56 Å². The van der Waals surface area contributed by atoms with E-state index < -0.39 is 10.0 Å². The van der Waals surface area contributed by atoms with Gasteiger partial charge in [0.2, 0.25) is 10.0 Å². The first-order chi connectivity index (χ1) is 11.8. The maximum atomic E-state index is 13.6. The lowest BCUT2D eigenvalue weighted by Gasteiger charge is -2.09. The molecule has 25 heavy (non-hydrogen) atoms. The molecule has 0 saturated carbocycles. The van der Waals surface area contributed by atoms with E-state index in [1.165, 1.54) is 31.0 Å². The summed E-state index contributed by atoms with van der Waals surface area (Å²) in [5.41, 5.74) is 0.432. The highest BCUT2D eigenvalue weighted by atomic mass is 127. The zero-order valence-corrected chi connectivity index (χ0v) is 17.8. The normalized spacial score (nSPS) is 11.5. The van der Waals surface area contributed by atoms with Crippen LogP contribution < -0.4 is 9.46 Å². The van der Waals surface area contributed by atoms with E-state index in [2.05, 4.69) is 4.72 Å². The number of halogens is 3. The number of rotatable bonds is 8. The van der Waals surface area contributed by atoms with Crippen LogP contribution in [0.4, 0.5) is 4.39 Å². The van der Waals surface area contributed by atoms with Crippen LogP contribution in [-0.2, 0) is 15.8 Å². The van der Waals surface area contributed by atoms with Gasteiger partial charge in [-0.15, -0.1) is 0 Å². The molecule has 0 aliphatic carbocycles. The Morgan fingerprint density at radius 3 is 2.72 bits per heavy atom. The molecule has 0 heterocycles. The molecular weight excluding hydrogens is 500 g/mol. The second-order valence-corrected chi connectivity index (χ2v) is 9.39. The Hall–Kier alpha value is -0.550. The van der Waals surface area contributed by atoms with Crippen LogP contribution in [0.15, 0.2) is 41.3 Å². The molecule has 0 aliphatic rings.